The predicted molar refractivity (Wildman–Crippen MR) is 57.0 cm³/mol. The molecule has 0 N–H and O–H groups in total. The molecule has 70 valence electrons. The van der Waals surface area contributed by atoms with E-state index < -0.39 is 0 Å². The molecule has 0 atom stereocenters. The molecule has 14 heavy (non-hydrogen) atoms. The first kappa shape index (κ1) is 10.1. The monoisotopic (exact) mass is 185 g/mol. The average Bonchev–Trinajstić information content (AvgIpc) is 2.26. The van der Waals surface area contributed by atoms with Crippen LogP contribution in [0, 0.1) is 0 Å². The third-order valence-corrected chi connectivity index (χ3v) is 1.70. The highest BCUT2D eigenvalue weighted by Gasteiger charge is 2.07. The van der Waals surface area contributed by atoms with Gasteiger partial charge in [0.25, 0.3) is 0 Å². The summed E-state index contributed by atoms with van der Waals surface area (Å²) in [6, 6.07) is 3.44. The maximum absolute atomic E-state index is 11.7. The summed E-state index contributed by atoms with van der Waals surface area (Å²) in [6.07, 6.45) is 7.86. The molecule has 0 unspecified atom stereocenters. The highest BCUT2D eigenvalue weighted by molar-refractivity contribution is 6.10. The van der Waals surface area contributed by atoms with Gasteiger partial charge in [-0.15, -0.1) is 0 Å². The van der Waals surface area contributed by atoms with Gasteiger partial charge in [0, 0.05) is 23.5 Å². The van der Waals surface area contributed by atoms with E-state index in [2.05, 4.69) is 18.1 Å². The van der Waals surface area contributed by atoms with Gasteiger partial charge in [0.2, 0.25) is 0 Å². The molecule has 0 aliphatic carbocycles. The minimum atomic E-state index is -0.0898. The second kappa shape index (κ2) is 4.92. The van der Waals surface area contributed by atoms with Crippen LogP contribution in [0.2, 0.25) is 0 Å². The molecule has 0 radical (unpaired) electrons. The Morgan fingerprint density at radius 3 is 2.71 bits per heavy atom. The Bertz CT molecular complexity index is 377. The highest BCUT2D eigenvalue weighted by Crippen LogP contribution is 2.07. The van der Waals surface area contributed by atoms with Crippen LogP contribution in [-0.4, -0.2) is 10.8 Å². The van der Waals surface area contributed by atoms with Crippen molar-refractivity contribution in [3.8, 4) is 0 Å². The summed E-state index contributed by atoms with van der Waals surface area (Å²) in [5, 5.41) is 0. The quantitative estimate of drug-likeness (QED) is 0.410. The number of carbonyl (C=O) groups is 1. The molecular formula is C12H11NO. The number of hydrogen-bond acceptors (Lipinski definition) is 2. The summed E-state index contributed by atoms with van der Waals surface area (Å²) >= 11 is 0. The summed E-state index contributed by atoms with van der Waals surface area (Å²) in [6.45, 7) is 7.10. The smallest absolute Gasteiger partial charge is 0.194 e. The fourth-order valence-corrected chi connectivity index (χ4v) is 1.03. The zero-order chi connectivity index (χ0) is 10.4. The molecule has 1 aromatic heterocycles. The maximum atomic E-state index is 11.7. The van der Waals surface area contributed by atoms with Crippen molar-refractivity contribution >= 4 is 5.78 Å². The number of pyridine rings is 1. The molecule has 1 heterocycles. The van der Waals surface area contributed by atoms with Crippen LogP contribution in [0.4, 0.5) is 0 Å². The van der Waals surface area contributed by atoms with E-state index >= 15 is 0 Å². The summed E-state index contributed by atoms with van der Waals surface area (Å²) in [5.41, 5.74) is 1.08. The Balaban J connectivity index is 3.01. The van der Waals surface area contributed by atoms with E-state index in [0.29, 0.717) is 11.1 Å². The lowest BCUT2D eigenvalue weighted by Crippen LogP contribution is -2.01. The van der Waals surface area contributed by atoms with Gasteiger partial charge in [-0.3, -0.25) is 9.78 Å². The van der Waals surface area contributed by atoms with Crippen LogP contribution < -0.4 is 0 Å². The van der Waals surface area contributed by atoms with Crippen molar-refractivity contribution < 1.29 is 4.79 Å². The lowest BCUT2D eigenvalue weighted by atomic mass is 10.1. The number of nitrogens with zero attached hydrogens (tertiary/aromatic N) is 1. The first-order valence-corrected chi connectivity index (χ1v) is 4.19. The van der Waals surface area contributed by atoms with Crippen LogP contribution in [0.1, 0.15) is 10.4 Å². The maximum Gasteiger partial charge on any atom is 0.194 e. The van der Waals surface area contributed by atoms with E-state index in [4.69, 9.17) is 0 Å². The molecule has 0 fully saturated rings. The Morgan fingerprint density at radius 1 is 1.43 bits per heavy atom. The molecule has 0 bridgehead atoms. The molecule has 1 aromatic rings. The van der Waals surface area contributed by atoms with Crippen molar-refractivity contribution in [3.05, 3.63) is 67.0 Å². The van der Waals surface area contributed by atoms with E-state index in [-0.39, 0.29) is 5.78 Å². The molecule has 0 aliphatic heterocycles. The molecule has 2 nitrogen and oxygen atoms in total. The fraction of sp³-hybridized carbons (Fsp3) is 0. The summed E-state index contributed by atoms with van der Waals surface area (Å²) < 4.78 is 0. The van der Waals surface area contributed by atoms with Crippen LogP contribution in [0.25, 0.3) is 0 Å². The Kier molecular flexibility index (Phi) is 3.56. The first-order valence-electron chi connectivity index (χ1n) is 4.19. The Labute approximate surface area is 83.3 Å². The number of Topliss-reactive ketones (excluding diaryl/α,β-unsaturated/α-hetero) is 1. The highest BCUT2D eigenvalue weighted by atomic mass is 16.1. The van der Waals surface area contributed by atoms with Gasteiger partial charge in [0.1, 0.15) is 0 Å². The van der Waals surface area contributed by atoms with Gasteiger partial charge < -0.3 is 0 Å². The third-order valence-electron chi connectivity index (χ3n) is 1.70. The summed E-state index contributed by atoms with van der Waals surface area (Å²) in [4.78, 5) is 15.6. The molecule has 0 saturated carbocycles. The molecule has 0 amide bonds. The van der Waals surface area contributed by atoms with Crippen LogP contribution in [-0.2, 0) is 0 Å². The fourth-order valence-electron chi connectivity index (χ4n) is 1.03. The summed E-state index contributed by atoms with van der Waals surface area (Å²) in [5.74, 6) is -0.0898. The number of rotatable bonds is 4. The van der Waals surface area contributed by atoms with Gasteiger partial charge in [-0.2, -0.15) is 0 Å². The molecule has 2 heteroatoms. The van der Waals surface area contributed by atoms with Crippen molar-refractivity contribution in [2.24, 2.45) is 0 Å². The Hall–Kier alpha value is -1.96. The first-order chi connectivity index (χ1) is 6.79. The van der Waals surface area contributed by atoms with Crippen molar-refractivity contribution in [2.45, 2.75) is 0 Å². The second-order valence-corrected chi connectivity index (χ2v) is 2.63. The van der Waals surface area contributed by atoms with Gasteiger partial charge in [0.05, 0.1) is 0 Å². The minimum Gasteiger partial charge on any atom is -0.289 e. The molecule has 1 rings (SSSR count). The molecule has 0 aliphatic rings. The summed E-state index contributed by atoms with van der Waals surface area (Å²) in [7, 11) is 0. The largest absolute Gasteiger partial charge is 0.289 e. The lowest BCUT2D eigenvalue weighted by molar-refractivity contribution is 0.103. The number of allylic oxidation sites excluding steroid dienone is 4. The SMILES string of the molecule is C=C/C=C(\C=C)C(=O)c1cccnc1. The zero-order valence-corrected chi connectivity index (χ0v) is 7.81. The van der Waals surface area contributed by atoms with Crippen molar-refractivity contribution in [3.63, 3.8) is 0 Å². The van der Waals surface area contributed by atoms with E-state index in [9.17, 15) is 4.79 Å². The van der Waals surface area contributed by atoms with Crippen molar-refractivity contribution in [2.75, 3.05) is 0 Å². The van der Waals surface area contributed by atoms with Crippen LogP contribution in [0.5, 0.6) is 0 Å². The van der Waals surface area contributed by atoms with Crippen LogP contribution in [0.15, 0.2) is 61.5 Å². The van der Waals surface area contributed by atoms with Crippen molar-refractivity contribution in [1.29, 1.82) is 0 Å². The molecule has 0 aromatic carbocycles. The van der Waals surface area contributed by atoms with Crippen molar-refractivity contribution in [1.82, 2.24) is 4.98 Å². The average molecular weight is 185 g/mol. The number of ketones is 1. The van der Waals surface area contributed by atoms with Gasteiger partial charge >= 0.3 is 0 Å². The van der Waals surface area contributed by atoms with Crippen LogP contribution in [0.3, 0.4) is 0 Å². The zero-order valence-electron chi connectivity index (χ0n) is 7.81. The topological polar surface area (TPSA) is 30.0 Å². The minimum absolute atomic E-state index is 0.0898. The van der Waals surface area contributed by atoms with E-state index in [1.807, 2.05) is 0 Å². The normalized spacial score (nSPS) is 10.7. The Morgan fingerprint density at radius 2 is 2.21 bits per heavy atom. The third kappa shape index (κ3) is 2.26. The number of carbonyl (C=O) groups excluding carboxylic acids is 1. The van der Waals surface area contributed by atoms with E-state index in [1.165, 1.54) is 12.3 Å². The van der Waals surface area contributed by atoms with Gasteiger partial charge in [-0.1, -0.05) is 31.4 Å². The molecule has 0 saturated heterocycles. The van der Waals surface area contributed by atoms with Gasteiger partial charge in [-0.05, 0) is 12.1 Å². The second-order valence-electron chi connectivity index (χ2n) is 2.63. The number of hydrogen-bond donors (Lipinski definition) is 0. The number of aromatic nitrogens is 1. The van der Waals surface area contributed by atoms with E-state index in [0.717, 1.165) is 0 Å². The molecular weight excluding hydrogens is 174 g/mol. The van der Waals surface area contributed by atoms with Gasteiger partial charge in [0.15, 0.2) is 5.78 Å². The van der Waals surface area contributed by atoms with Gasteiger partial charge in [-0.25, -0.2) is 0 Å². The predicted octanol–water partition coefficient (Wildman–Crippen LogP) is 2.56. The molecule has 0 spiro atoms. The van der Waals surface area contributed by atoms with Crippen LogP contribution >= 0.6 is 0 Å². The lowest BCUT2D eigenvalue weighted by Gasteiger charge is -1.99. The standard InChI is InChI=1S/C12H11NO/c1-3-6-10(4-2)12(14)11-7-5-8-13-9-11/h3-9H,1-2H2/b10-6+. The van der Waals surface area contributed by atoms with E-state index in [1.54, 1.807) is 30.5 Å².